The van der Waals surface area contributed by atoms with Crippen molar-refractivity contribution in [2.45, 2.75) is 26.2 Å². The molecule has 0 radical (unpaired) electrons. The van der Waals surface area contributed by atoms with Gasteiger partial charge in [0, 0.05) is 11.8 Å². The topological polar surface area (TPSA) is 17.1 Å². The molecule has 0 amide bonds. The zero-order valence-corrected chi connectivity index (χ0v) is 5.61. The lowest BCUT2D eigenvalue weighted by atomic mass is 9.99. The molecule has 9 heavy (non-hydrogen) atoms. The van der Waals surface area contributed by atoms with Crippen molar-refractivity contribution in [1.29, 1.82) is 0 Å². The Balaban J connectivity index is 2.55. The van der Waals surface area contributed by atoms with Gasteiger partial charge in [-0.25, -0.2) is 0 Å². The maximum absolute atomic E-state index is 10.8. The van der Waals surface area contributed by atoms with Gasteiger partial charge in [0.15, 0.2) is 0 Å². The molecule has 1 nitrogen and oxygen atoms in total. The summed E-state index contributed by atoms with van der Waals surface area (Å²) in [6, 6.07) is 0. The van der Waals surface area contributed by atoms with Gasteiger partial charge in [0.2, 0.25) is 0 Å². The molecule has 0 bridgehead atoms. The van der Waals surface area contributed by atoms with Crippen molar-refractivity contribution < 1.29 is 4.79 Å². The smallest absolute Gasteiger partial charge is 0.136 e. The Morgan fingerprint density at radius 1 is 1.78 bits per heavy atom. The van der Waals surface area contributed by atoms with E-state index >= 15 is 0 Å². The van der Waals surface area contributed by atoms with Gasteiger partial charge in [0.1, 0.15) is 5.78 Å². The van der Waals surface area contributed by atoms with Crippen LogP contribution in [0.5, 0.6) is 0 Å². The fraction of sp³-hybridized carbons (Fsp3) is 0.625. The van der Waals surface area contributed by atoms with Crippen LogP contribution in [0.15, 0.2) is 0 Å². The summed E-state index contributed by atoms with van der Waals surface area (Å²) in [5.74, 6) is 2.80. The van der Waals surface area contributed by atoms with Crippen molar-refractivity contribution in [2.75, 3.05) is 0 Å². The number of carbonyl (C=O) groups is 1. The normalized spacial score (nSPS) is 20.4. The van der Waals surface area contributed by atoms with Gasteiger partial charge in [0.05, 0.1) is 0 Å². The van der Waals surface area contributed by atoms with E-state index in [1.54, 1.807) is 6.92 Å². The molecule has 1 fully saturated rings. The fourth-order valence-electron chi connectivity index (χ4n) is 1.000. The molecule has 1 saturated carbocycles. The third-order valence-corrected chi connectivity index (χ3v) is 2.04. The molecule has 0 aromatic heterocycles. The van der Waals surface area contributed by atoms with Crippen LogP contribution in [0.3, 0.4) is 0 Å². The van der Waals surface area contributed by atoms with Crippen LogP contribution in [0.1, 0.15) is 26.2 Å². The first-order valence-corrected chi connectivity index (χ1v) is 3.16. The fourth-order valence-corrected chi connectivity index (χ4v) is 1.000. The van der Waals surface area contributed by atoms with E-state index in [1.807, 2.05) is 0 Å². The predicted octanol–water partition coefficient (Wildman–Crippen LogP) is 1.38. The summed E-state index contributed by atoms with van der Waals surface area (Å²) >= 11 is 0. The molecule has 0 spiro atoms. The van der Waals surface area contributed by atoms with Crippen molar-refractivity contribution in [1.82, 2.24) is 0 Å². The van der Waals surface area contributed by atoms with E-state index in [1.165, 1.54) is 0 Å². The number of hydrogen-bond acceptors (Lipinski definition) is 1. The first kappa shape index (κ1) is 6.35. The van der Waals surface area contributed by atoms with Gasteiger partial charge in [-0.1, -0.05) is 0 Å². The van der Waals surface area contributed by atoms with Crippen molar-refractivity contribution in [2.24, 2.45) is 5.41 Å². The maximum atomic E-state index is 10.8. The Morgan fingerprint density at radius 2 is 2.33 bits per heavy atom. The molecular formula is C8H10O. The lowest BCUT2D eigenvalue weighted by Gasteiger charge is -2.03. The summed E-state index contributed by atoms with van der Waals surface area (Å²) < 4.78 is 0. The second-order valence-electron chi connectivity index (χ2n) is 2.72. The third-order valence-electron chi connectivity index (χ3n) is 2.04. The quantitative estimate of drug-likeness (QED) is 0.506. The molecule has 1 rings (SSSR count). The Morgan fingerprint density at radius 3 is 2.44 bits per heavy atom. The molecule has 0 saturated heterocycles. The molecule has 0 unspecified atom stereocenters. The molecule has 1 aliphatic carbocycles. The summed E-state index contributed by atoms with van der Waals surface area (Å²) in [6.07, 6.45) is 7.74. The van der Waals surface area contributed by atoms with E-state index in [4.69, 9.17) is 6.42 Å². The average Bonchev–Trinajstić information content (AvgIpc) is 2.49. The molecule has 0 aromatic rings. The summed E-state index contributed by atoms with van der Waals surface area (Å²) in [7, 11) is 0. The van der Waals surface area contributed by atoms with Crippen LogP contribution in [-0.4, -0.2) is 5.78 Å². The number of terminal acetylenes is 1. The first-order valence-electron chi connectivity index (χ1n) is 3.16. The average molecular weight is 122 g/mol. The van der Waals surface area contributed by atoms with Crippen LogP contribution in [0, 0.1) is 17.8 Å². The van der Waals surface area contributed by atoms with Gasteiger partial charge in [-0.3, -0.25) is 4.79 Å². The number of Topliss-reactive ketones (excluding diaryl/α,β-unsaturated/α-hetero) is 1. The van der Waals surface area contributed by atoms with E-state index in [0.29, 0.717) is 6.42 Å². The minimum atomic E-state index is -0.0747. The Hall–Kier alpha value is -0.770. The maximum Gasteiger partial charge on any atom is 0.136 e. The van der Waals surface area contributed by atoms with Gasteiger partial charge in [-0.2, -0.15) is 0 Å². The van der Waals surface area contributed by atoms with Crippen molar-refractivity contribution in [3.05, 3.63) is 0 Å². The van der Waals surface area contributed by atoms with Crippen molar-refractivity contribution in [3.8, 4) is 12.3 Å². The minimum Gasteiger partial charge on any atom is -0.299 e. The van der Waals surface area contributed by atoms with E-state index in [0.717, 1.165) is 12.8 Å². The Kier molecular flexibility index (Phi) is 1.32. The van der Waals surface area contributed by atoms with Crippen LogP contribution < -0.4 is 0 Å². The van der Waals surface area contributed by atoms with Gasteiger partial charge >= 0.3 is 0 Å². The number of carbonyl (C=O) groups excluding carboxylic acids is 1. The number of ketones is 1. The summed E-state index contributed by atoms with van der Waals surface area (Å²) in [5, 5.41) is 0. The van der Waals surface area contributed by atoms with Gasteiger partial charge in [-0.05, 0) is 19.8 Å². The lowest BCUT2D eigenvalue weighted by molar-refractivity contribution is -0.121. The van der Waals surface area contributed by atoms with Crippen molar-refractivity contribution in [3.63, 3.8) is 0 Å². The molecule has 0 aromatic carbocycles. The summed E-state index contributed by atoms with van der Waals surface area (Å²) in [5.41, 5.74) is -0.0747. The summed E-state index contributed by atoms with van der Waals surface area (Å²) in [6.45, 7) is 1.63. The monoisotopic (exact) mass is 122 g/mol. The zero-order chi connectivity index (χ0) is 6.91. The minimum absolute atomic E-state index is 0.0747. The van der Waals surface area contributed by atoms with Crippen molar-refractivity contribution >= 4 is 5.78 Å². The van der Waals surface area contributed by atoms with Crippen LogP contribution in [-0.2, 0) is 4.79 Å². The molecule has 0 atom stereocenters. The lowest BCUT2D eigenvalue weighted by Crippen LogP contribution is -2.09. The van der Waals surface area contributed by atoms with Gasteiger partial charge in [0.25, 0.3) is 0 Å². The van der Waals surface area contributed by atoms with E-state index < -0.39 is 0 Å². The second-order valence-corrected chi connectivity index (χ2v) is 2.72. The largest absolute Gasteiger partial charge is 0.299 e. The molecule has 0 N–H and O–H groups in total. The molecule has 0 heterocycles. The van der Waals surface area contributed by atoms with E-state index in [2.05, 4.69) is 5.92 Å². The van der Waals surface area contributed by atoms with Gasteiger partial charge in [-0.15, -0.1) is 12.3 Å². The third kappa shape index (κ3) is 0.977. The highest BCUT2D eigenvalue weighted by Gasteiger charge is 2.46. The van der Waals surface area contributed by atoms with E-state index in [-0.39, 0.29) is 11.2 Å². The highest BCUT2D eigenvalue weighted by molar-refractivity contribution is 5.85. The SMILES string of the molecule is C#CCC1(C(C)=O)CC1. The predicted molar refractivity (Wildman–Crippen MR) is 35.8 cm³/mol. The zero-order valence-electron chi connectivity index (χ0n) is 5.61. The molecule has 1 heteroatoms. The van der Waals surface area contributed by atoms with Crippen LogP contribution in [0.2, 0.25) is 0 Å². The Labute approximate surface area is 55.4 Å². The standard InChI is InChI=1S/C8H10O/c1-3-4-8(5-6-8)7(2)9/h1H,4-6H2,2H3. The highest BCUT2D eigenvalue weighted by Crippen LogP contribution is 2.49. The van der Waals surface area contributed by atoms with Gasteiger partial charge < -0.3 is 0 Å². The number of rotatable bonds is 2. The number of hydrogen-bond donors (Lipinski definition) is 0. The Bertz CT molecular complexity index is 169. The molecular weight excluding hydrogens is 112 g/mol. The van der Waals surface area contributed by atoms with Crippen LogP contribution in [0.4, 0.5) is 0 Å². The van der Waals surface area contributed by atoms with E-state index in [9.17, 15) is 4.79 Å². The molecule has 48 valence electrons. The summed E-state index contributed by atoms with van der Waals surface area (Å²) in [4.78, 5) is 10.8. The van der Waals surface area contributed by atoms with Crippen LogP contribution in [0.25, 0.3) is 0 Å². The molecule has 1 aliphatic rings. The molecule has 0 aliphatic heterocycles. The first-order chi connectivity index (χ1) is 4.21. The van der Waals surface area contributed by atoms with Crippen LogP contribution >= 0.6 is 0 Å². The second kappa shape index (κ2) is 1.88. The highest BCUT2D eigenvalue weighted by atomic mass is 16.1.